The monoisotopic (exact) mass is 316 g/mol. The molecular formula is C15H16N4O2S. The Hall–Kier alpha value is -2.41. The molecule has 2 heterocycles. The van der Waals surface area contributed by atoms with Gasteiger partial charge >= 0.3 is 5.97 Å². The Balaban J connectivity index is 1.74. The van der Waals surface area contributed by atoms with E-state index in [1.807, 2.05) is 35.9 Å². The highest BCUT2D eigenvalue weighted by atomic mass is 32.1. The first-order chi connectivity index (χ1) is 10.6. The third-order valence-electron chi connectivity index (χ3n) is 3.64. The Bertz CT molecular complexity index is 794. The largest absolute Gasteiger partial charge is 0.454 e. The van der Waals surface area contributed by atoms with Crippen molar-refractivity contribution in [3.63, 3.8) is 0 Å². The van der Waals surface area contributed by atoms with Crippen molar-refractivity contribution in [3.05, 3.63) is 41.4 Å². The summed E-state index contributed by atoms with van der Waals surface area (Å²) in [6.45, 7) is 2.31. The van der Waals surface area contributed by atoms with E-state index in [1.54, 1.807) is 6.92 Å². The Morgan fingerprint density at radius 2 is 2.23 bits per heavy atom. The number of imidazole rings is 1. The Morgan fingerprint density at radius 1 is 1.45 bits per heavy atom. The zero-order chi connectivity index (χ0) is 15.7. The maximum atomic E-state index is 12.2. The quantitative estimate of drug-likeness (QED) is 0.658. The number of nitrogens with zero attached hydrogens (tertiary/aromatic N) is 2. The van der Waals surface area contributed by atoms with Crippen LogP contribution in [0.2, 0.25) is 0 Å². The van der Waals surface area contributed by atoms with E-state index in [0.29, 0.717) is 23.1 Å². The first-order valence-electron chi connectivity index (χ1n) is 6.88. The number of benzene rings is 1. The van der Waals surface area contributed by atoms with Gasteiger partial charge in [-0.1, -0.05) is 12.1 Å². The number of aromatic nitrogens is 2. The molecule has 0 spiro atoms. The minimum Gasteiger partial charge on any atom is -0.454 e. The van der Waals surface area contributed by atoms with Crippen LogP contribution in [0.5, 0.6) is 0 Å². The molecule has 22 heavy (non-hydrogen) atoms. The Morgan fingerprint density at radius 3 is 2.95 bits per heavy atom. The van der Waals surface area contributed by atoms with Crippen molar-refractivity contribution in [2.45, 2.75) is 13.5 Å². The van der Waals surface area contributed by atoms with E-state index in [2.05, 4.69) is 15.6 Å². The number of aryl methyl sites for hydroxylation is 1. The Labute approximate surface area is 133 Å². The van der Waals surface area contributed by atoms with Crippen molar-refractivity contribution in [2.75, 3.05) is 6.54 Å². The number of allylic oxidation sites excluding steroid dienone is 1. The van der Waals surface area contributed by atoms with Gasteiger partial charge in [-0.15, -0.1) is 0 Å². The van der Waals surface area contributed by atoms with Crippen LogP contribution >= 0.6 is 12.2 Å². The van der Waals surface area contributed by atoms with Crippen LogP contribution in [0.15, 0.2) is 35.5 Å². The second-order valence-corrected chi connectivity index (χ2v) is 5.47. The summed E-state index contributed by atoms with van der Waals surface area (Å²) in [5.41, 5.74) is 3.17. The van der Waals surface area contributed by atoms with Gasteiger partial charge in [-0.3, -0.25) is 0 Å². The van der Waals surface area contributed by atoms with Gasteiger partial charge in [0.05, 0.1) is 23.2 Å². The summed E-state index contributed by atoms with van der Waals surface area (Å²) in [6, 6.07) is 7.80. The van der Waals surface area contributed by atoms with Crippen LogP contribution in [0.1, 0.15) is 12.7 Å². The van der Waals surface area contributed by atoms with Crippen molar-refractivity contribution in [3.8, 4) is 0 Å². The lowest BCUT2D eigenvalue weighted by molar-refractivity contribution is -0.140. The molecule has 0 atom stereocenters. The smallest absolute Gasteiger partial charge is 0.338 e. The molecular weight excluding hydrogens is 300 g/mol. The SMILES string of the molecule is CC1=C(C(=O)OCc2nc3ccccc3n2C)CNC(=S)N1. The van der Waals surface area contributed by atoms with E-state index in [1.165, 1.54) is 0 Å². The van der Waals surface area contributed by atoms with Crippen LogP contribution in [-0.2, 0) is 23.2 Å². The predicted octanol–water partition coefficient (Wildman–Crippen LogP) is 1.37. The maximum Gasteiger partial charge on any atom is 0.338 e. The number of fused-ring (bicyclic) bond motifs is 1. The zero-order valence-electron chi connectivity index (χ0n) is 12.3. The third-order valence-corrected chi connectivity index (χ3v) is 3.88. The van der Waals surface area contributed by atoms with Crippen molar-refractivity contribution in [1.82, 2.24) is 20.2 Å². The van der Waals surface area contributed by atoms with Crippen LogP contribution in [0.3, 0.4) is 0 Å². The first kappa shape index (κ1) is 14.5. The summed E-state index contributed by atoms with van der Waals surface area (Å²) in [5.74, 6) is 0.340. The van der Waals surface area contributed by atoms with Crippen LogP contribution in [-0.4, -0.2) is 27.2 Å². The molecule has 0 radical (unpaired) electrons. The van der Waals surface area contributed by atoms with E-state index in [9.17, 15) is 4.79 Å². The number of esters is 1. The highest BCUT2D eigenvalue weighted by Crippen LogP contribution is 2.15. The molecule has 0 aliphatic carbocycles. The second-order valence-electron chi connectivity index (χ2n) is 5.06. The van der Waals surface area contributed by atoms with Gasteiger partial charge in [0.1, 0.15) is 12.4 Å². The van der Waals surface area contributed by atoms with Gasteiger partial charge in [0.2, 0.25) is 0 Å². The van der Waals surface area contributed by atoms with Crippen molar-refractivity contribution < 1.29 is 9.53 Å². The van der Waals surface area contributed by atoms with E-state index >= 15 is 0 Å². The molecule has 2 aromatic rings. The molecule has 1 aromatic heterocycles. The zero-order valence-corrected chi connectivity index (χ0v) is 13.2. The summed E-state index contributed by atoms with van der Waals surface area (Å²) >= 11 is 5.00. The fourth-order valence-electron chi connectivity index (χ4n) is 2.36. The number of para-hydroxylation sites is 2. The minimum absolute atomic E-state index is 0.130. The van der Waals surface area contributed by atoms with Gasteiger partial charge < -0.3 is 19.9 Å². The molecule has 0 unspecified atom stereocenters. The average Bonchev–Trinajstić information content (AvgIpc) is 2.82. The predicted molar refractivity (Wildman–Crippen MR) is 86.9 cm³/mol. The normalized spacial score (nSPS) is 14.7. The lowest BCUT2D eigenvalue weighted by Gasteiger charge is -2.20. The van der Waals surface area contributed by atoms with Crippen LogP contribution < -0.4 is 10.6 Å². The van der Waals surface area contributed by atoms with Gasteiger partial charge in [-0.05, 0) is 31.3 Å². The number of carbonyl (C=O) groups excluding carboxylic acids is 1. The molecule has 0 amide bonds. The number of nitrogens with one attached hydrogen (secondary N) is 2. The summed E-state index contributed by atoms with van der Waals surface area (Å²) in [6.07, 6.45) is 0. The van der Waals surface area contributed by atoms with E-state index in [4.69, 9.17) is 17.0 Å². The lowest BCUT2D eigenvalue weighted by atomic mass is 10.2. The number of rotatable bonds is 3. The molecule has 3 rings (SSSR count). The molecule has 1 aliphatic rings. The number of carbonyl (C=O) groups is 1. The van der Waals surface area contributed by atoms with Gasteiger partial charge in [0.15, 0.2) is 5.11 Å². The number of thiocarbonyl (C=S) groups is 1. The molecule has 0 saturated heterocycles. The average molecular weight is 316 g/mol. The molecule has 0 bridgehead atoms. The minimum atomic E-state index is -0.368. The second kappa shape index (κ2) is 5.76. The maximum absolute atomic E-state index is 12.2. The molecule has 1 aliphatic heterocycles. The van der Waals surface area contributed by atoms with Crippen LogP contribution in [0, 0.1) is 0 Å². The number of ether oxygens (including phenoxy) is 1. The summed E-state index contributed by atoms with van der Waals surface area (Å²) in [5, 5.41) is 6.35. The van der Waals surface area contributed by atoms with E-state index < -0.39 is 0 Å². The summed E-state index contributed by atoms with van der Waals surface area (Å²) < 4.78 is 7.31. The number of hydrogen-bond donors (Lipinski definition) is 2. The highest BCUT2D eigenvalue weighted by molar-refractivity contribution is 7.80. The van der Waals surface area contributed by atoms with Crippen molar-refractivity contribution in [1.29, 1.82) is 0 Å². The van der Waals surface area contributed by atoms with Crippen molar-refractivity contribution >= 4 is 34.3 Å². The van der Waals surface area contributed by atoms with Gasteiger partial charge in [-0.25, -0.2) is 9.78 Å². The van der Waals surface area contributed by atoms with Gasteiger partial charge in [-0.2, -0.15) is 0 Å². The molecule has 0 saturated carbocycles. The molecule has 0 fully saturated rings. The standard InChI is InChI=1S/C15H16N4O2S/c1-9-10(7-16-15(22)17-9)14(20)21-8-13-18-11-5-3-4-6-12(11)19(13)2/h3-6H,7-8H2,1-2H3,(H2,16,17,22). The summed E-state index contributed by atoms with van der Waals surface area (Å²) in [4.78, 5) is 16.7. The number of hydrogen-bond acceptors (Lipinski definition) is 4. The molecule has 1 aromatic carbocycles. The van der Waals surface area contributed by atoms with Gasteiger partial charge in [0.25, 0.3) is 0 Å². The molecule has 2 N–H and O–H groups in total. The molecule has 7 heteroatoms. The fourth-order valence-corrected chi connectivity index (χ4v) is 2.58. The van der Waals surface area contributed by atoms with Crippen LogP contribution in [0.25, 0.3) is 11.0 Å². The highest BCUT2D eigenvalue weighted by Gasteiger charge is 2.20. The van der Waals surface area contributed by atoms with E-state index in [-0.39, 0.29) is 12.6 Å². The topological polar surface area (TPSA) is 68.2 Å². The van der Waals surface area contributed by atoms with Gasteiger partial charge in [0, 0.05) is 12.7 Å². The fraction of sp³-hybridized carbons (Fsp3) is 0.267. The van der Waals surface area contributed by atoms with Crippen LogP contribution in [0.4, 0.5) is 0 Å². The summed E-state index contributed by atoms with van der Waals surface area (Å²) in [7, 11) is 1.91. The Kier molecular flexibility index (Phi) is 3.81. The lowest BCUT2D eigenvalue weighted by Crippen LogP contribution is -2.42. The molecule has 114 valence electrons. The molecule has 6 nitrogen and oxygen atoms in total. The first-order valence-corrected chi connectivity index (χ1v) is 7.29. The third kappa shape index (κ3) is 2.67. The van der Waals surface area contributed by atoms with Crippen molar-refractivity contribution in [2.24, 2.45) is 7.05 Å². The van der Waals surface area contributed by atoms with E-state index in [0.717, 1.165) is 16.7 Å².